The Bertz CT molecular complexity index is 767. The Morgan fingerprint density at radius 2 is 2.23 bits per heavy atom. The average molecular weight is 322 g/mol. The first-order valence-electron chi connectivity index (χ1n) is 7.40. The van der Waals surface area contributed by atoms with Crippen LogP contribution in [0, 0.1) is 0 Å². The van der Waals surface area contributed by atoms with Gasteiger partial charge in [0, 0.05) is 12.0 Å². The number of methoxy groups -OCH3 is 1. The van der Waals surface area contributed by atoms with Crippen molar-refractivity contribution in [1.82, 2.24) is 0 Å². The van der Waals surface area contributed by atoms with Crippen LogP contribution >= 0.6 is 0 Å². The maximum atomic E-state index is 12.3. The molecule has 0 aromatic heterocycles. The van der Waals surface area contributed by atoms with Crippen molar-refractivity contribution in [1.29, 1.82) is 0 Å². The van der Waals surface area contributed by atoms with Gasteiger partial charge < -0.3 is 14.6 Å². The molecule has 1 aliphatic carbocycles. The summed E-state index contributed by atoms with van der Waals surface area (Å²) in [7, 11) is -1.55. The van der Waals surface area contributed by atoms with E-state index in [4.69, 9.17) is 9.47 Å². The Hall–Kier alpha value is -1.53. The maximum Gasteiger partial charge on any atom is 0.166 e. The van der Waals surface area contributed by atoms with Crippen LogP contribution in [-0.4, -0.2) is 38.6 Å². The Labute approximate surface area is 129 Å². The highest BCUT2D eigenvalue weighted by Crippen LogP contribution is 2.55. The third-order valence-electron chi connectivity index (χ3n) is 5.00. The van der Waals surface area contributed by atoms with Gasteiger partial charge in [0.05, 0.1) is 30.1 Å². The summed E-state index contributed by atoms with van der Waals surface area (Å²) in [5.74, 6) is 1.42. The topological polar surface area (TPSA) is 72.8 Å². The lowest BCUT2D eigenvalue weighted by Gasteiger charge is -2.35. The summed E-state index contributed by atoms with van der Waals surface area (Å²) in [6.07, 6.45) is 3.85. The van der Waals surface area contributed by atoms with Crippen LogP contribution in [0.5, 0.6) is 11.5 Å². The number of sulfone groups is 1. The van der Waals surface area contributed by atoms with E-state index in [1.807, 2.05) is 12.1 Å². The van der Waals surface area contributed by atoms with E-state index in [9.17, 15) is 13.5 Å². The molecule has 118 valence electrons. The molecule has 22 heavy (non-hydrogen) atoms. The highest BCUT2D eigenvalue weighted by atomic mass is 32.2. The van der Waals surface area contributed by atoms with Crippen molar-refractivity contribution < 1.29 is 23.0 Å². The van der Waals surface area contributed by atoms with Gasteiger partial charge in [0.2, 0.25) is 0 Å². The van der Waals surface area contributed by atoms with Crippen molar-refractivity contribution in [3.05, 3.63) is 35.4 Å². The molecule has 6 heteroatoms. The lowest BCUT2D eigenvalue weighted by atomic mass is 9.69. The van der Waals surface area contributed by atoms with Crippen molar-refractivity contribution in [3.8, 4) is 11.5 Å². The van der Waals surface area contributed by atoms with E-state index in [1.54, 1.807) is 19.3 Å². The highest BCUT2D eigenvalue weighted by Gasteiger charge is 2.53. The zero-order chi connectivity index (χ0) is 15.5. The SMILES string of the molecule is COc1ccc2c3c1O[C@H]1C[C@@H](O)C=C[C@@]31CCS(=O)(=O)C2. The van der Waals surface area contributed by atoms with E-state index in [0.29, 0.717) is 24.3 Å². The molecule has 1 aromatic rings. The standard InChI is InChI=1S/C16H18O5S/c1-20-12-3-2-10-9-22(18,19)7-6-16-5-4-11(17)8-13(16)21-15(12)14(10)16/h2-5,11,13,17H,6-9H2,1H3/t11-,13-,16-/m0/s1. The monoisotopic (exact) mass is 322 g/mol. The molecule has 5 nitrogen and oxygen atoms in total. The number of rotatable bonds is 1. The zero-order valence-electron chi connectivity index (χ0n) is 12.3. The fourth-order valence-corrected chi connectivity index (χ4v) is 5.46. The third kappa shape index (κ3) is 1.83. The average Bonchev–Trinajstić information content (AvgIpc) is 2.74. The van der Waals surface area contributed by atoms with Gasteiger partial charge in [-0.15, -0.1) is 0 Å². The molecule has 2 aliphatic heterocycles. The van der Waals surface area contributed by atoms with Crippen LogP contribution in [-0.2, 0) is 21.0 Å². The van der Waals surface area contributed by atoms with E-state index in [0.717, 1.165) is 11.1 Å². The predicted octanol–water partition coefficient (Wildman–Crippen LogP) is 1.33. The largest absolute Gasteiger partial charge is 0.493 e. The van der Waals surface area contributed by atoms with Gasteiger partial charge in [-0.2, -0.15) is 0 Å². The lowest BCUT2D eigenvalue weighted by Crippen LogP contribution is -2.42. The van der Waals surface area contributed by atoms with Crippen LogP contribution in [0.1, 0.15) is 24.0 Å². The van der Waals surface area contributed by atoms with Gasteiger partial charge in [0.25, 0.3) is 0 Å². The molecule has 1 aromatic carbocycles. The summed E-state index contributed by atoms with van der Waals surface area (Å²) < 4.78 is 36.0. The van der Waals surface area contributed by atoms with Gasteiger partial charge in [-0.25, -0.2) is 8.42 Å². The Morgan fingerprint density at radius 1 is 1.41 bits per heavy atom. The van der Waals surface area contributed by atoms with Gasteiger partial charge in [0.15, 0.2) is 21.3 Å². The Balaban J connectivity index is 2.00. The number of hydrogen-bond donors (Lipinski definition) is 1. The summed E-state index contributed by atoms with van der Waals surface area (Å²) in [6, 6.07) is 3.59. The van der Waals surface area contributed by atoms with Crippen molar-refractivity contribution in [3.63, 3.8) is 0 Å². The van der Waals surface area contributed by atoms with Gasteiger partial charge in [-0.1, -0.05) is 18.2 Å². The van der Waals surface area contributed by atoms with Crippen LogP contribution < -0.4 is 9.47 Å². The fourth-order valence-electron chi connectivity index (χ4n) is 3.95. The zero-order valence-corrected chi connectivity index (χ0v) is 13.1. The summed E-state index contributed by atoms with van der Waals surface area (Å²) in [5.41, 5.74) is 1.25. The van der Waals surface area contributed by atoms with Crippen LogP contribution in [0.25, 0.3) is 0 Å². The number of aliphatic hydroxyl groups excluding tert-OH is 1. The van der Waals surface area contributed by atoms with Crippen LogP contribution in [0.4, 0.5) is 0 Å². The Kier molecular flexibility index (Phi) is 2.87. The lowest BCUT2D eigenvalue weighted by molar-refractivity contribution is 0.0866. The summed E-state index contributed by atoms with van der Waals surface area (Å²) in [4.78, 5) is 0. The second-order valence-electron chi connectivity index (χ2n) is 6.28. The van der Waals surface area contributed by atoms with Crippen molar-refractivity contribution in [2.45, 2.75) is 36.2 Å². The number of ether oxygens (including phenoxy) is 2. The van der Waals surface area contributed by atoms with Crippen molar-refractivity contribution in [2.75, 3.05) is 12.9 Å². The summed E-state index contributed by atoms with van der Waals surface area (Å²) in [5, 5.41) is 9.92. The van der Waals surface area contributed by atoms with Gasteiger partial charge in [-0.05, 0) is 18.1 Å². The van der Waals surface area contributed by atoms with Crippen molar-refractivity contribution in [2.24, 2.45) is 0 Å². The molecule has 0 bridgehead atoms. The molecule has 0 fully saturated rings. The quantitative estimate of drug-likeness (QED) is 0.790. The Morgan fingerprint density at radius 3 is 3.00 bits per heavy atom. The molecule has 2 heterocycles. The molecule has 3 atom stereocenters. The minimum Gasteiger partial charge on any atom is -0.493 e. The molecule has 0 unspecified atom stereocenters. The molecule has 0 radical (unpaired) electrons. The molecular weight excluding hydrogens is 304 g/mol. The molecule has 1 spiro atoms. The van der Waals surface area contributed by atoms with E-state index in [2.05, 4.69) is 0 Å². The molecule has 4 rings (SSSR count). The molecule has 1 N–H and O–H groups in total. The second kappa shape index (κ2) is 4.49. The molecule has 3 aliphatic rings. The van der Waals surface area contributed by atoms with Gasteiger partial charge in [0.1, 0.15) is 6.10 Å². The smallest absolute Gasteiger partial charge is 0.166 e. The number of aliphatic hydroxyl groups is 1. The third-order valence-corrected chi connectivity index (χ3v) is 6.58. The molecule has 0 saturated carbocycles. The minimum atomic E-state index is -3.13. The fraction of sp³-hybridized carbons (Fsp3) is 0.500. The molecular formula is C16H18O5S. The van der Waals surface area contributed by atoms with Crippen LogP contribution in [0.15, 0.2) is 24.3 Å². The number of hydrogen-bond acceptors (Lipinski definition) is 5. The highest BCUT2D eigenvalue weighted by molar-refractivity contribution is 7.90. The normalized spacial score (nSPS) is 34.3. The first-order valence-corrected chi connectivity index (χ1v) is 9.22. The van der Waals surface area contributed by atoms with Crippen LogP contribution in [0.3, 0.4) is 0 Å². The summed E-state index contributed by atoms with van der Waals surface area (Å²) >= 11 is 0. The van der Waals surface area contributed by atoms with Gasteiger partial charge >= 0.3 is 0 Å². The summed E-state index contributed by atoms with van der Waals surface area (Å²) in [6.45, 7) is 0. The first-order chi connectivity index (χ1) is 10.5. The maximum absolute atomic E-state index is 12.3. The van der Waals surface area contributed by atoms with E-state index in [-0.39, 0.29) is 17.6 Å². The number of benzene rings is 1. The molecule has 0 amide bonds. The van der Waals surface area contributed by atoms with Crippen molar-refractivity contribution >= 4 is 9.84 Å². The van der Waals surface area contributed by atoms with E-state index < -0.39 is 21.4 Å². The minimum absolute atomic E-state index is 0.0353. The van der Waals surface area contributed by atoms with E-state index >= 15 is 0 Å². The predicted molar refractivity (Wildman–Crippen MR) is 81.0 cm³/mol. The van der Waals surface area contributed by atoms with Gasteiger partial charge in [-0.3, -0.25) is 0 Å². The van der Waals surface area contributed by atoms with Crippen LogP contribution in [0.2, 0.25) is 0 Å². The van der Waals surface area contributed by atoms with E-state index in [1.165, 1.54) is 0 Å². The second-order valence-corrected chi connectivity index (χ2v) is 8.47. The first kappa shape index (κ1) is 14.1. The molecule has 0 saturated heterocycles.